The minimum Gasteiger partial charge on any atom is -0.371 e. The number of hydrogen-bond donors (Lipinski definition) is 1. The number of carbonyl (C=O) groups is 1. The molecule has 1 N–H and O–H groups in total. The van der Waals surface area contributed by atoms with Gasteiger partial charge in [-0.3, -0.25) is 9.10 Å². The fraction of sp³-hybridized carbons (Fsp3) is 0.552. The number of hydrogen-bond acceptors (Lipinski definition) is 4. The summed E-state index contributed by atoms with van der Waals surface area (Å²) in [5, 5.41) is 3.04. The smallest absolute Gasteiger partial charge is 0.257 e. The van der Waals surface area contributed by atoms with E-state index in [1.807, 2.05) is 38.1 Å². The van der Waals surface area contributed by atoms with Crippen LogP contribution in [0.15, 0.2) is 36.4 Å². The zero-order chi connectivity index (χ0) is 26.5. The highest BCUT2D eigenvalue weighted by atomic mass is 32.2. The molecule has 2 aliphatic heterocycles. The van der Waals surface area contributed by atoms with Crippen LogP contribution in [0, 0.1) is 18.3 Å². The van der Waals surface area contributed by atoms with Gasteiger partial charge in [0.1, 0.15) is 0 Å². The van der Waals surface area contributed by atoms with Crippen molar-refractivity contribution in [2.24, 2.45) is 11.3 Å². The Bertz CT molecular complexity index is 1270. The van der Waals surface area contributed by atoms with Crippen LogP contribution in [0.1, 0.15) is 75.9 Å². The molecule has 3 aliphatic rings. The van der Waals surface area contributed by atoms with Gasteiger partial charge in [0.15, 0.2) is 0 Å². The van der Waals surface area contributed by atoms with Gasteiger partial charge in [-0.15, -0.1) is 0 Å². The molecule has 0 aromatic heterocycles. The summed E-state index contributed by atoms with van der Waals surface area (Å²) in [4.78, 5) is 15.8. The fourth-order valence-corrected chi connectivity index (χ4v) is 6.78. The predicted molar refractivity (Wildman–Crippen MR) is 150 cm³/mol. The molecule has 1 aliphatic carbocycles. The molecule has 2 atom stereocenters. The third kappa shape index (κ3) is 4.74. The molecule has 0 spiro atoms. The summed E-state index contributed by atoms with van der Waals surface area (Å²) in [6, 6.07) is 11.6. The van der Waals surface area contributed by atoms with E-state index in [2.05, 4.69) is 30.1 Å². The second-order valence-corrected chi connectivity index (χ2v) is 14.1. The standard InChI is InChI=1S/C27H35N3O3S.C2H6/c1-18-6-9-22(24(14-18)29-13-11-27(5)16-20(27)17-29)25(31)28-21-8-7-19-10-12-30(23(19)15-21)34(32,33)26(2,3)4;1-2/h6-9,14-15,20H,10-13,16-17H2,1-5H3,(H,28,31);1-2H3. The summed E-state index contributed by atoms with van der Waals surface area (Å²) in [5.74, 6) is 0.549. The van der Waals surface area contributed by atoms with Gasteiger partial charge in [0.2, 0.25) is 10.0 Å². The normalized spacial score (nSPS) is 22.8. The van der Waals surface area contributed by atoms with Crippen LogP contribution in [0.5, 0.6) is 0 Å². The SMILES string of the molecule is CC.Cc1ccc(C(=O)Nc2ccc3c(c2)N(S(=O)(=O)C(C)(C)C)CC3)c(N2CCC3(C)CC3C2)c1. The topological polar surface area (TPSA) is 69.7 Å². The molecular formula is C29H41N3O3S. The maximum Gasteiger partial charge on any atom is 0.257 e. The maximum absolute atomic E-state index is 13.4. The van der Waals surface area contributed by atoms with Gasteiger partial charge in [0, 0.05) is 31.0 Å². The third-order valence-corrected chi connectivity index (χ3v) is 10.4. The molecule has 0 radical (unpaired) electrons. The number of anilines is 3. The van der Waals surface area contributed by atoms with E-state index in [9.17, 15) is 13.2 Å². The molecule has 36 heavy (non-hydrogen) atoms. The number of benzene rings is 2. The number of sulfonamides is 1. The molecule has 2 heterocycles. The van der Waals surface area contributed by atoms with Crippen LogP contribution in [-0.2, 0) is 16.4 Å². The van der Waals surface area contributed by atoms with Crippen molar-refractivity contribution >= 4 is 33.0 Å². The maximum atomic E-state index is 13.4. The molecule has 6 nitrogen and oxygen atoms in total. The molecule has 5 rings (SSSR count). The zero-order valence-corrected chi connectivity index (χ0v) is 23.6. The van der Waals surface area contributed by atoms with Crippen molar-refractivity contribution in [3.8, 4) is 0 Å². The van der Waals surface area contributed by atoms with Crippen molar-refractivity contribution < 1.29 is 13.2 Å². The van der Waals surface area contributed by atoms with Gasteiger partial charge in [-0.05, 0) is 93.7 Å². The van der Waals surface area contributed by atoms with Crippen molar-refractivity contribution in [2.75, 3.05) is 34.2 Å². The van der Waals surface area contributed by atoms with Crippen molar-refractivity contribution in [3.63, 3.8) is 0 Å². The Morgan fingerprint density at radius 1 is 1.06 bits per heavy atom. The van der Waals surface area contributed by atoms with Crippen LogP contribution in [0.25, 0.3) is 0 Å². The van der Waals surface area contributed by atoms with Gasteiger partial charge < -0.3 is 10.2 Å². The first kappa shape index (κ1) is 26.5. The Balaban J connectivity index is 0.00000148. The highest BCUT2D eigenvalue weighted by Gasteiger charge is 2.52. The van der Waals surface area contributed by atoms with Crippen molar-refractivity contribution in [3.05, 3.63) is 53.1 Å². The van der Waals surface area contributed by atoms with Crippen LogP contribution in [0.3, 0.4) is 0 Å². The van der Waals surface area contributed by atoms with E-state index in [4.69, 9.17) is 0 Å². The summed E-state index contributed by atoms with van der Waals surface area (Å²) < 4.78 is 26.8. The Hall–Kier alpha value is -2.54. The van der Waals surface area contributed by atoms with Crippen LogP contribution in [0.4, 0.5) is 17.1 Å². The highest BCUT2D eigenvalue weighted by molar-refractivity contribution is 7.94. The fourth-order valence-electron chi connectivity index (χ4n) is 5.36. The van der Waals surface area contributed by atoms with Gasteiger partial charge in [0.25, 0.3) is 5.91 Å². The minimum absolute atomic E-state index is 0.165. The number of carbonyl (C=O) groups excluding carboxylic acids is 1. The van der Waals surface area contributed by atoms with Gasteiger partial charge in [0.05, 0.1) is 16.0 Å². The number of nitrogens with zero attached hydrogens (tertiary/aromatic N) is 2. The van der Waals surface area contributed by atoms with E-state index in [1.165, 1.54) is 10.7 Å². The molecular weight excluding hydrogens is 470 g/mol. The first-order valence-corrected chi connectivity index (χ1v) is 14.7. The summed E-state index contributed by atoms with van der Waals surface area (Å²) >= 11 is 0. The lowest BCUT2D eigenvalue weighted by molar-refractivity contribution is 0.102. The van der Waals surface area contributed by atoms with Crippen LogP contribution >= 0.6 is 0 Å². The van der Waals surface area contributed by atoms with E-state index in [1.54, 1.807) is 26.8 Å². The molecule has 196 valence electrons. The van der Waals surface area contributed by atoms with E-state index < -0.39 is 14.8 Å². The molecule has 7 heteroatoms. The van der Waals surface area contributed by atoms with Crippen LogP contribution in [0.2, 0.25) is 0 Å². The highest BCUT2D eigenvalue weighted by Crippen LogP contribution is 2.57. The molecule has 2 aromatic carbocycles. The van der Waals surface area contributed by atoms with Crippen molar-refractivity contribution in [2.45, 2.75) is 72.5 Å². The molecule has 2 aromatic rings. The van der Waals surface area contributed by atoms with Crippen molar-refractivity contribution in [1.82, 2.24) is 0 Å². The molecule has 2 fully saturated rings. The lowest BCUT2D eigenvalue weighted by Gasteiger charge is -2.33. The van der Waals surface area contributed by atoms with Gasteiger partial charge in [-0.1, -0.05) is 32.9 Å². The van der Waals surface area contributed by atoms with E-state index >= 15 is 0 Å². The Morgan fingerprint density at radius 2 is 1.78 bits per heavy atom. The molecule has 1 saturated heterocycles. The molecule has 2 unspecified atom stereocenters. The number of fused-ring (bicyclic) bond motifs is 2. The lowest BCUT2D eigenvalue weighted by atomic mass is 9.96. The predicted octanol–water partition coefficient (Wildman–Crippen LogP) is 6.00. The van der Waals surface area contributed by atoms with Crippen molar-refractivity contribution in [1.29, 1.82) is 0 Å². The average molecular weight is 512 g/mol. The quantitative estimate of drug-likeness (QED) is 0.547. The number of nitrogens with one attached hydrogen (secondary N) is 1. The van der Waals surface area contributed by atoms with Crippen LogP contribution in [-0.4, -0.2) is 38.7 Å². The summed E-state index contributed by atoms with van der Waals surface area (Å²) in [6.07, 6.45) is 3.12. The van der Waals surface area contributed by atoms with E-state index in [-0.39, 0.29) is 5.91 Å². The first-order valence-electron chi connectivity index (χ1n) is 13.2. The Morgan fingerprint density at radius 3 is 2.44 bits per heavy atom. The lowest BCUT2D eigenvalue weighted by Crippen LogP contribution is -2.42. The average Bonchev–Trinajstić information content (AvgIpc) is 3.32. The number of amides is 1. The number of rotatable bonds is 4. The Labute approximate surface area is 217 Å². The largest absolute Gasteiger partial charge is 0.371 e. The van der Waals surface area contributed by atoms with Gasteiger partial charge in [-0.2, -0.15) is 0 Å². The second-order valence-electron chi connectivity index (χ2n) is 11.5. The van der Waals surface area contributed by atoms with E-state index in [0.29, 0.717) is 41.2 Å². The van der Waals surface area contributed by atoms with E-state index in [0.717, 1.165) is 36.3 Å². The number of aryl methyl sites for hydroxylation is 1. The zero-order valence-electron chi connectivity index (χ0n) is 22.8. The van der Waals surface area contributed by atoms with Gasteiger partial charge in [-0.25, -0.2) is 8.42 Å². The summed E-state index contributed by atoms with van der Waals surface area (Å²) in [5.41, 5.74) is 5.55. The summed E-state index contributed by atoms with van der Waals surface area (Å²) in [6.45, 7) is 16.0. The third-order valence-electron chi connectivity index (χ3n) is 7.93. The monoisotopic (exact) mass is 511 g/mol. The summed E-state index contributed by atoms with van der Waals surface area (Å²) in [7, 11) is -3.51. The molecule has 0 bridgehead atoms. The molecule has 1 saturated carbocycles. The Kier molecular flexibility index (Phi) is 6.93. The minimum atomic E-state index is -3.51. The first-order chi connectivity index (χ1) is 16.9. The van der Waals surface area contributed by atoms with Crippen LogP contribution < -0.4 is 14.5 Å². The molecule has 1 amide bonds. The number of piperidine rings is 1. The van der Waals surface area contributed by atoms with Gasteiger partial charge >= 0.3 is 0 Å². The second kappa shape index (κ2) is 9.40.